The SMILES string of the molecule is CN(C)CCCN(CCN(C)C(C)(C)C)C(=O)C(C)(C)C. The number of nitrogens with zero attached hydrogens (tertiary/aromatic N) is 3. The molecule has 0 bridgehead atoms. The third-order valence-corrected chi connectivity index (χ3v) is 3.81. The summed E-state index contributed by atoms with van der Waals surface area (Å²) in [6.07, 6.45) is 1.02. The average molecular weight is 300 g/mol. The van der Waals surface area contributed by atoms with E-state index in [4.69, 9.17) is 0 Å². The Labute approximate surface area is 132 Å². The molecule has 0 fully saturated rings. The normalized spacial score (nSPS) is 13.1. The molecule has 0 N–H and O–H groups in total. The van der Waals surface area contributed by atoms with Gasteiger partial charge in [0, 0.05) is 30.6 Å². The highest BCUT2D eigenvalue weighted by molar-refractivity contribution is 5.81. The molecule has 1 amide bonds. The number of carbonyl (C=O) groups is 1. The third kappa shape index (κ3) is 8.42. The van der Waals surface area contributed by atoms with Crippen LogP contribution in [0.25, 0.3) is 0 Å². The summed E-state index contributed by atoms with van der Waals surface area (Å²) in [4.78, 5) is 19.1. The van der Waals surface area contributed by atoms with Crippen molar-refractivity contribution >= 4 is 5.91 Å². The van der Waals surface area contributed by atoms with Gasteiger partial charge in [-0.3, -0.25) is 9.69 Å². The molecule has 0 aromatic carbocycles. The maximum atomic E-state index is 12.6. The maximum absolute atomic E-state index is 12.6. The molecular formula is C17H37N3O. The van der Waals surface area contributed by atoms with Crippen molar-refractivity contribution in [1.29, 1.82) is 0 Å². The molecule has 0 saturated heterocycles. The Morgan fingerprint density at radius 1 is 0.810 bits per heavy atom. The summed E-state index contributed by atoms with van der Waals surface area (Å²) in [6.45, 7) is 16.2. The molecule has 0 aromatic heterocycles. The van der Waals surface area contributed by atoms with Crippen molar-refractivity contribution in [2.75, 3.05) is 47.3 Å². The second-order valence-electron chi connectivity index (χ2n) is 8.29. The summed E-state index contributed by atoms with van der Waals surface area (Å²) >= 11 is 0. The van der Waals surface area contributed by atoms with Crippen LogP contribution in [0.3, 0.4) is 0 Å². The van der Waals surface area contributed by atoms with E-state index in [2.05, 4.69) is 51.7 Å². The Bertz CT molecular complexity index is 313. The number of hydrogen-bond donors (Lipinski definition) is 0. The fourth-order valence-corrected chi connectivity index (χ4v) is 1.97. The lowest BCUT2D eigenvalue weighted by Gasteiger charge is -2.36. The van der Waals surface area contributed by atoms with Gasteiger partial charge in [-0.25, -0.2) is 0 Å². The monoisotopic (exact) mass is 299 g/mol. The van der Waals surface area contributed by atoms with E-state index in [-0.39, 0.29) is 16.9 Å². The van der Waals surface area contributed by atoms with Gasteiger partial charge < -0.3 is 9.80 Å². The Morgan fingerprint density at radius 3 is 1.71 bits per heavy atom. The molecule has 0 radical (unpaired) electrons. The molecule has 0 spiro atoms. The van der Waals surface area contributed by atoms with Gasteiger partial charge in [-0.2, -0.15) is 0 Å². The summed E-state index contributed by atoms with van der Waals surface area (Å²) < 4.78 is 0. The molecule has 0 saturated carbocycles. The molecule has 126 valence electrons. The fourth-order valence-electron chi connectivity index (χ4n) is 1.97. The van der Waals surface area contributed by atoms with E-state index in [0.29, 0.717) is 0 Å². The lowest BCUT2D eigenvalue weighted by molar-refractivity contribution is -0.139. The van der Waals surface area contributed by atoms with Gasteiger partial charge in [0.1, 0.15) is 0 Å². The predicted octanol–water partition coefficient (Wildman–Crippen LogP) is 2.54. The van der Waals surface area contributed by atoms with E-state index in [1.165, 1.54) is 0 Å². The predicted molar refractivity (Wildman–Crippen MR) is 91.6 cm³/mol. The molecule has 0 rings (SSSR count). The lowest BCUT2D eigenvalue weighted by atomic mass is 9.94. The summed E-state index contributed by atoms with van der Waals surface area (Å²) in [5.41, 5.74) is -0.168. The van der Waals surface area contributed by atoms with Gasteiger partial charge in [0.15, 0.2) is 0 Å². The van der Waals surface area contributed by atoms with E-state index < -0.39 is 0 Å². The first-order valence-electron chi connectivity index (χ1n) is 8.01. The summed E-state index contributed by atoms with van der Waals surface area (Å²) in [6, 6.07) is 0. The first-order chi connectivity index (χ1) is 9.35. The quantitative estimate of drug-likeness (QED) is 0.723. The van der Waals surface area contributed by atoms with Crippen LogP contribution in [-0.2, 0) is 4.79 Å². The molecule has 0 aliphatic heterocycles. The Morgan fingerprint density at radius 2 is 1.33 bits per heavy atom. The molecule has 0 atom stereocenters. The number of carbonyl (C=O) groups excluding carboxylic acids is 1. The van der Waals surface area contributed by atoms with Crippen molar-refractivity contribution in [2.24, 2.45) is 5.41 Å². The van der Waals surface area contributed by atoms with Crippen LogP contribution in [0.2, 0.25) is 0 Å². The Hall–Kier alpha value is -0.610. The van der Waals surface area contributed by atoms with Gasteiger partial charge in [0.2, 0.25) is 5.91 Å². The van der Waals surface area contributed by atoms with Gasteiger partial charge in [0.05, 0.1) is 0 Å². The van der Waals surface area contributed by atoms with Crippen LogP contribution in [-0.4, -0.2) is 73.5 Å². The van der Waals surface area contributed by atoms with Gasteiger partial charge in [-0.15, -0.1) is 0 Å². The molecule has 0 aliphatic rings. The average Bonchev–Trinajstić information content (AvgIpc) is 2.29. The minimum absolute atomic E-state index is 0.139. The molecule has 0 aromatic rings. The van der Waals surface area contributed by atoms with E-state index in [1.807, 2.05) is 25.7 Å². The molecule has 21 heavy (non-hydrogen) atoms. The van der Waals surface area contributed by atoms with Crippen LogP contribution in [0, 0.1) is 5.41 Å². The van der Waals surface area contributed by atoms with Crippen LogP contribution in [0.5, 0.6) is 0 Å². The number of amides is 1. The van der Waals surface area contributed by atoms with E-state index >= 15 is 0 Å². The van der Waals surface area contributed by atoms with Gasteiger partial charge in [0.25, 0.3) is 0 Å². The Kier molecular flexibility index (Phi) is 7.90. The van der Waals surface area contributed by atoms with Crippen LogP contribution in [0.15, 0.2) is 0 Å². The van der Waals surface area contributed by atoms with Gasteiger partial charge in [-0.05, 0) is 54.9 Å². The standard InChI is InChI=1S/C17H37N3O/c1-16(2,3)15(21)20(12-10-11-18(7)8)14-13-19(9)17(4,5)6/h10-14H2,1-9H3. The summed E-state index contributed by atoms with van der Waals surface area (Å²) in [5.74, 6) is 0.253. The second kappa shape index (κ2) is 8.14. The highest BCUT2D eigenvalue weighted by Gasteiger charge is 2.27. The third-order valence-electron chi connectivity index (χ3n) is 3.81. The molecule has 0 aliphatic carbocycles. The van der Waals surface area contributed by atoms with Crippen LogP contribution in [0.1, 0.15) is 48.0 Å². The summed E-state index contributed by atoms with van der Waals surface area (Å²) in [5, 5.41) is 0. The van der Waals surface area contributed by atoms with E-state index in [9.17, 15) is 4.79 Å². The maximum Gasteiger partial charge on any atom is 0.227 e. The Balaban J connectivity index is 4.63. The minimum Gasteiger partial charge on any atom is -0.341 e. The second-order valence-corrected chi connectivity index (χ2v) is 8.29. The zero-order valence-corrected chi connectivity index (χ0v) is 15.8. The molecule has 0 heterocycles. The largest absolute Gasteiger partial charge is 0.341 e. The minimum atomic E-state index is -0.307. The number of hydrogen-bond acceptors (Lipinski definition) is 3. The molecule has 4 heteroatoms. The van der Waals surface area contributed by atoms with Crippen molar-refractivity contribution < 1.29 is 4.79 Å². The van der Waals surface area contributed by atoms with Crippen molar-refractivity contribution in [2.45, 2.75) is 53.5 Å². The smallest absolute Gasteiger partial charge is 0.227 e. The van der Waals surface area contributed by atoms with Crippen LogP contribution in [0.4, 0.5) is 0 Å². The zero-order valence-electron chi connectivity index (χ0n) is 15.8. The topological polar surface area (TPSA) is 26.8 Å². The number of likely N-dealkylation sites (N-methyl/N-ethyl adjacent to an activating group) is 1. The molecular weight excluding hydrogens is 262 g/mol. The molecule has 0 unspecified atom stereocenters. The van der Waals surface area contributed by atoms with Gasteiger partial charge in [-0.1, -0.05) is 20.8 Å². The first kappa shape index (κ1) is 20.4. The van der Waals surface area contributed by atoms with Crippen LogP contribution >= 0.6 is 0 Å². The molecule has 4 nitrogen and oxygen atoms in total. The van der Waals surface area contributed by atoms with Crippen molar-refractivity contribution in [3.63, 3.8) is 0 Å². The highest BCUT2D eigenvalue weighted by Crippen LogP contribution is 2.18. The van der Waals surface area contributed by atoms with Gasteiger partial charge >= 0.3 is 0 Å². The van der Waals surface area contributed by atoms with Crippen LogP contribution < -0.4 is 0 Å². The highest BCUT2D eigenvalue weighted by atomic mass is 16.2. The zero-order chi connectivity index (χ0) is 16.8. The van der Waals surface area contributed by atoms with Crippen molar-refractivity contribution in [3.8, 4) is 0 Å². The summed E-state index contributed by atoms with van der Waals surface area (Å²) in [7, 11) is 6.27. The number of rotatable bonds is 7. The van der Waals surface area contributed by atoms with Crippen molar-refractivity contribution in [3.05, 3.63) is 0 Å². The van der Waals surface area contributed by atoms with E-state index in [1.54, 1.807) is 0 Å². The fraction of sp³-hybridized carbons (Fsp3) is 0.941. The van der Waals surface area contributed by atoms with Crippen molar-refractivity contribution in [1.82, 2.24) is 14.7 Å². The van der Waals surface area contributed by atoms with E-state index in [0.717, 1.165) is 32.6 Å². The first-order valence-corrected chi connectivity index (χ1v) is 8.01. The lowest BCUT2D eigenvalue weighted by Crippen LogP contribution is -2.47.